The summed E-state index contributed by atoms with van der Waals surface area (Å²) in [5.74, 6) is -0.358. The molecule has 2 fully saturated rings. The van der Waals surface area contributed by atoms with Crippen molar-refractivity contribution in [3.63, 3.8) is 0 Å². The van der Waals surface area contributed by atoms with Crippen LogP contribution < -0.4 is 10.5 Å². The molecule has 0 atom stereocenters. The Kier molecular flexibility index (Phi) is 10.5. The molecule has 1 saturated heterocycles. The molecule has 3 aliphatic rings. The summed E-state index contributed by atoms with van der Waals surface area (Å²) in [5, 5.41) is 7.33. The largest absolute Gasteiger partial charge is 0.483 e. The van der Waals surface area contributed by atoms with Gasteiger partial charge in [-0.15, -0.1) is 0 Å². The van der Waals surface area contributed by atoms with Crippen LogP contribution in [0.5, 0.6) is 0 Å². The van der Waals surface area contributed by atoms with E-state index in [1.807, 2.05) is 19.1 Å². The van der Waals surface area contributed by atoms with Gasteiger partial charge in [-0.05, 0) is 86.5 Å². The fourth-order valence-corrected chi connectivity index (χ4v) is 7.20. The third kappa shape index (κ3) is 7.44. The lowest BCUT2D eigenvalue weighted by atomic mass is 9.81. The monoisotopic (exact) mass is 619 g/mol. The van der Waals surface area contributed by atoms with Crippen LogP contribution in [0.2, 0.25) is 5.02 Å². The van der Waals surface area contributed by atoms with E-state index in [2.05, 4.69) is 9.62 Å². The van der Waals surface area contributed by atoms with Gasteiger partial charge in [-0.2, -0.15) is 0 Å². The highest BCUT2D eigenvalue weighted by molar-refractivity contribution is 7.92. The third-order valence-corrected chi connectivity index (χ3v) is 9.62. The number of benzene rings is 2. The topological polar surface area (TPSA) is 148 Å². The maximum atomic E-state index is 12.9. The van der Waals surface area contributed by atoms with Crippen molar-refractivity contribution in [1.29, 1.82) is 0 Å². The number of aryl methyl sites for hydroxylation is 1. The Hall–Kier alpha value is -3.12. The second kappa shape index (κ2) is 13.9. The number of anilines is 1. The molecule has 2 heterocycles. The summed E-state index contributed by atoms with van der Waals surface area (Å²) in [5.41, 5.74) is 10.3. The van der Waals surface area contributed by atoms with E-state index in [4.69, 9.17) is 36.7 Å². The minimum Gasteiger partial charge on any atom is -0.483 e. The number of halogens is 1. The Morgan fingerprint density at radius 1 is 1.12 bits per heavy atom. The highest BCUT2D eigenvalue weighted by Crippen LogP contribution is 2.45. The number of esters is 1. The van der Waals surface area contributed by atoms with Crippen LogP contribution in [-0.4, -0.2) is 75.1 Å². The number of carboxylic acid groups (broad SMARTS) is 1. The molecule has 1 spiro atoms. The van der Waals surface area contributed by atoms with Gasteiger partial charge in [0.2, 0.25) is 10.0 Å². The number of nitrogens with two attached hydrogens (primary N) is 1. The fraction of sp³-hybridized carbons (Fsp3) is 0.467. The molecule has 10 nitrogen and oxygen atoms in total. The molecule has 2 aromatic carbocycles. The van der Waals surface area contributed by atoms with Crippen molar-refractivity contribution in [2.45, 2.75) is 51.0 Å². The van der Waals surface area contributed by atoms with Crippen molar-refractivity contribution in [1.82, 2.24) is 4.90 Å². The van der Waals surface area contributed by atoms with Crippen LogP contribution in [0.25, 0.3) is 16.7 Å². The van der Waals surface area contributed by atoms with E-state index in [0.717, 1.165) is 68.4 Å². The molecule has 0 aromatic heterocycles. The smallest absolute Gasteiger partial charge is 0.341 e. The molecular formula is C30H38ClN3O7S. The van der Waals surface area contributed by atoms with Crippen molar-refractivity contribution >= 4 is 45.3 Å². The lowest BCUT2D eigenvalue weighted by molar-refractivity contribution is -0.147. The van der Waals surface area contributed by atoms with E-state index < -0.39 is 21.6 Å². The molecule has 4 N–H and O–H groups in total. The van der Waals surface area contributed by atoms with Crippen LogP contribution >= 0.6 is 11.6 Å². The van der Waals surface area contributed by atoms with Crippen molar-refractivity contribution < 1.29 is 32.6 Å². The van der Waals surface area contributed by atoms with Crippen molar-refractivity contribution in [3.05, 3.63) is 58.2 Å². The van der Waals surface area contributed by atoms with E-state index in [1.54, 1.807) is 24.3 Å². The zero-order chi connectivity index (χ0) is 30.3. The van der Waals surface area contributed by atoms with Gasteiger partial charge in [0.05, 0.1) is 30.2 Å². The first-order valence-corrected chi connectivity index (χ1v) is 16.1. The molecule has 1 aliphatic carbocycles. The summed E-state index contributed by atoms with van der Waals surface area (Å²) in [7, 11) is -3.51. The lowest BCUT2D eigenvalue weighted by Crippen LogP contribution is -2.37. The van der Waals surface area contributed by atoms with Crippen molar-refractivity contribution in [3.8, 4) is 11.1 Å². The van der Waals surface area contributed by atoms with E-state index in [-0.39, 0.29) is 12.2 Å². The normalized spacial score (nSPS) is 18.8. The molecule has 2 aromatic rings. The molecule has 2 aliphatic heterocycles. The molecule has 5 rings (SSSR count). The number of nitrogens with one attached hydrogen (secondary N) is 1. The highest BCUT2D eigenvalue weighted by atomic mass is 35.5. The van der Waals surface area contributed by atoms with Gasteiger partial charge in [0, 0.05) is 29.4 Å². The number of rotatable bonds is 8. The summed E-state index contributed by atoms with van der Waals surface area (Å²) in [6.45, 7) is 5.44. The van der Waals surface area contributed by atoms with Gasteiger partial charge >= 0.3 is 5.97 Å². The number of morpholine rings is 1. The van der Waals surface area contributed by atoms with Crippen LogP contribution in [0.4, 0.5) is 5.69 Å². The molecule has 228 valence electrons. The molecule has 0 bridgehead atoms. The Morgan fingerprint density at radius 2 is 1.81 bits per heavy atom. The quantitative estimate of drug-likeness (QED) is 0.289. The first-order chi connectivity index (χ1) is 20.1. The molecular weight excluding hydrogens is 582 g/mol. The minimum absolute atomic E-state index is 0.0390. The molecule has 1 saturated carbocycles. The SMILES string of the molecule is Cc1cc(-c2cccc(NS(=O)(=O)CCCN3CCOCC3)c2)c(Cl)cc1C1=C(N)C2(CCCCC2)OC1=O.O=CO. The first-order valence-electron chi connectivity index (χ1n) is 14.1. The molecule has 0 radical (unpaired) electrons. The van der Waals surface area contributed by atoms with Crippen molar-refractivity contribution in [2.24, 2.45) is 5.73 Å². The van der Waals surface area contributed by atoms with E-state index in [9.17, 15) is 13.2 Å². The van der Waals surface area contributed by atoms with E-state index in [1.165, 1.54) is 0 Å². The molecule has 12 heteroatoms. The summed E-state index contributed by atoms with van der Waals surface area (Å²) < 4.78 is 39.4. The van der Waals surface area contributed by atoms with Crippen LogP contribution in [0.15, 0.2) is 42.1 Å². The highest BCUT2D eigenvalue weighted by Gasteiger charge is 2.47. The van der Waals surface area contributed by atoms with E-state index in [0.29, 0.717) is 47.2 Å². The zero-order valence-electron chi connectivity index (χ0n) is 23.7. The van der Waals surface area contributed by atoms with Gasteiger partial charge in [-0.3, -0.25) is 14.4 Å². The number of hydrogen-bond donors (Lipinski definition) is 3. The summed E-state index contributed by atoms with van der Waals surface area (Å²) in [6.07, 6.45) is 5.11. The van der Waals surface area contributed by atoms with Gasteiger partial charge in [0.25, 0.3) is 6.47 Å². The third-order valence-electron chi connectivity index (χ3n) is 7.94. The van der Waals surface area contributed by atoms with Crippen LogP contribution in [0.3, 0.4) is 0 Å². The van der Waals surface area contributed by atoms with Gasteiger partial charge in [0.15, 0.2) is 5.60 Å². The maximum Gasteiger partial charge on any atom is 0.341 e. The fourth-order valence-electron chi connectivity index (χ4n) is 5.83. The standard InChI is InChI=1S/C29H36ClN3O5S.CH2O2/c1-20-17-24(25(30)19-23(20)26-27(31)29(38-28(26)34)9-3-2-4-10-29)21-7-5-8-22(18-21)32-39(35,36)16-6-11-33-12-14-37-15-13-33;2-1-3/h5,7-8,17-19,32H,2-4,6,9-16,31H2,1H3;1H,(H,2,3). The maximum absolute atomic E-state index is 12.9. The summed E-state index contributed by atoms with van der Waals surface area (Å²) in [4.78, 5) is 23.5. The molecule has 0 unspecified atom stereocenters. The Labute approximate surface area is 251 Å². The Balaban J connectivity index is 0.00000129. The Bertz CT molecular complexity index is 1430. The predicted molar refractivity (Wildman–Crippen MR) is 163 cm³/mol. The number of ether oxygens (including phenoxy) is 2. The van der Waals surface area contributed by atoms with Gasteiger partial charge in [0.1, 0.15) is 0 Å². The van der Waals surface area contributed by atoms with Gasteiger partial charge in [-0.1, -0.05) is 30.2 Å². The Morgan fingerprint density at radius 3 is 2.50 bits per heavy atom. The van der Waals surface area contributed by atoms with Crippen LogP contribution in [0.1, 0.15) is 49.7 Å². The minimum atomic E-state index is -3.51. The predicted octanol–water partition coefficient (Wildman–Crippen LogP) is 4.41. The number of nitrogens with zero attached hydrogens (tertiary/aromatic N) is 1. The lowest BCUT2D eigenvalue weighted by Gasteiger charge is -2.32. The summed E-state index contributed by atoms with van der Waals surface area (Å²) in [6, 6.07) is 10.8. The van der Waals surface area contributed by atoms with Gasteiger partial charge in [-0.25, -0.2) is 13.2 Å². The average Bonchev–Trinajstić information content (AvgIpc) is 3.19. The second-order valence-electron chi connectivity index (χ2n) is 10.8. The zero-order valence-corrected chi connectivity index (χ0v) is 25.3. The molecule has 0 amide bonds. The van der Waals surface area contributed by atoms with E-state index >= 15 is 0 Å². The molecule has 42 heavy (non-hydrogen) atoms. The number of carbonyl (C=O) groups is 2. The van der Waals surface area contributed by atoms with Crippen LogP contribution in [0, 0.1) is 6.92 Å². The number of hydrogen-bond acceptors (Lipinski definition) is 8. The second-order valence-corrected chi connectivity index (χ2v) is 13.0. The number of carbonyl (C=O) groups excluding carboxylic acids is 1. The first kappa shape index (κ1) is 31.8. The average molecular weight is 620 g/mol. The van der Waals surface area contributed by atoms with Crippen molar-refractivity contribution in [2.75, 3.05) is 43.3 Å². The van der Waals surface area contributed by atoms with Crippen LogP contribution in [-0.2, 0) is 29.1 Å². The van der Waals surface area contributed by atoms with Gasteiger partial charge < -0.3 is 20.3 Å². The number of sulfonamides is 1. The summed E-state index contributed by atoms with van der Waals surface area (Å²) >= 11 is 6.75.